The standard InChI is InChI=1S/C42H22F35N3O3/c43-18-4-15(5-21-22(18)83-20-7-17(30(50,51)34(58,59)40(70,71)42(75,76)77)16(6-19(20)82-21)29(48,49)33(56,57)39(68,69)41(72,73)74)23-78-25(27-8-12-1-13(9-27)3-14(2-12)10-27)80-26(79-23)81-11-28(46,47)32(54,55)36(62,63)38(66,67)37(64,65)35(60,61)31(52,53)24(44)45/h4-7,12-14,24H,1-3,8-11H2. The molecule has 83 heavy (non-hydrogen) atoms. The predicted molar refractivity (Wildman–Crippen MR) is 197 cm³/mol. The van der Waals surface area contributed by atoms with Crippen molar-refractivity contribution in [2.75, 3.05) is 6.61 Å². The first kappa shape index (κ1) is 65.0. The van der Waals surface area contributed by atoms with Crippen molar-refractivity contribution in [1.82, 2.24) is 15.0 Å². The van der Waals surface area contributed by atoms with Crippen LogP contribution in [0.1, 0.15) is 55.5 Å². The Morgan fingerprint density at radius 2 is 0.855 bits per heavy atom. The van der Waals surface area contributed by atoms with Gasteiger partial charge in [-0.1, -0.05) is 0 Å². The number of halogens is 35. The predicted octanol–water partition coefficient (Wildman–Crippen LogP) is 17.0. The van der Waals surface area contributed by atoms with Crippen molar-refractivity contribution >= 4 is 0 Å². The number of hydrogen-bond donors (Lipinski definition) is 0. The van der Waals surface area contributed by atoms with E-state index in [1.165, 1.54) is 0 Å². The number of alkyl halides is 34. The first-order valence-electron chi connectivity index (χ1n) is 22.0. The molecule has 0 radical (unpaired) electrons. The van der Waals surface area contributed by atoms with Crippen LogP contribution in [0.2, 0.25) is 0 Å². The van der Waals surface area contributed by atoms with Crippen LogP contribution in [-0.2, 0) is 17.3 Å². The van der Waals surface area contributed by atoms with Gasteiger partial charge in [-0.2, -0.15) is 150 Å². The van der Waals surface area contributed by atoms with E-state index >= 15 is 30.7 Å². The van der Waals surface area contributed by atoms with Gasteiger partial charge in [-0.25, -0.2) is 18.2 Å². The molecule has 0 saturated heterocycles. The minimum Gasteiger partial charge on any atom is -0.457 e. The SMILES string of the molecule is Fc1cc(-c2nc(OCC(F)(F)C(F)(F)C(F)(F)C(F)(F)C(F)(F)C(F)(F)C(F)(F)C(F)F)nc(C34CC5CC(CC(C5)C3)C4)n2)cc2c1Oc1cc(C(F)(F)C(F)(F)C(F)(F)C(F)(F)F)c(C(F)(F)C(F)(F)C(F)(F)C(F)(F)F)cc1O2. The summed E-state index contributed by atoms with van der Waals surface area (Å²) >= 11 is 0. The molecule has 0 unspecified atom stereocenters. The molecule has 4 aliphatic carbocycles. The Morgan fingerprint density at radius 1 is 0.458 bits per heavy atom. The zero-order chi connectivity index (χ0) is 63.7. The van der Waals surface area contributed by atoms with Gasteiger partial charge in [0.2, 0.25) is 5.75 Å². The second kappa shape index (κ2) is 18.7. The van der Waals surface area contributed by atoms with Crippen LogP contribution in [0.5, 0.6) is 29.0 Å². The summed E-state index contributed by atoms with van der Waals surface area (Å²) in [4.78, 5) is 10.8. The second-order valence-corrected chi connectivity index (χ2v) is 19.5. The van der Waals surface area contributed by atoms with Crippen LogP contribution >= 0.6 is 0 Å². The molecule has 3 aromatic rings. The summed E-state index contributed by atoms with van der Waals surface area (Å²) < 4.78 is 510. The summed E-state index contributed by atoms with van der Waals surface area (Å²) in [7, 11) is 0. The summed E-state index contributed by atoms with van der Waals surface area (Å²) in [6.07, 6.45) is -20.6. The molecular weight excluding hydrogens is 1260 g/mol. The molecule has 468 valence electrons. The molecule has 4 saturated carbocycles. The van der Waals surface area contributed by atoms with Crippen molar-refractivity contribution in [2.24, 2.45) is 17.8 Å². The van der Waals surface area contributed by atoms with Crippen LogP contribution in [0.4, 0.5) is 154 Å². The van der Waals surface area contributed by atoms with E-state index in [2.05, 4.69) is 24.4 Å². The third kappa shape index (κ3) is 9.11. The van der Waals surface area contributed by atoms with Crippen molar-refractivity contribution in [2.45, 2.75) is 140 Å². The molecule has 4 fully saturated rings. The molecule has 0 spiro atoms. The molecule has 0 amide bonds. The van der Waals surface area contributed by atoms with Gasteiger partial charge in [-0.05, 0) is 80.5 Å². The van der Waals surface area contributed by atoms with Gasteiger partial charge in [0.05, 0.1) is 0 Å². The summed E-state index contributed by atoms with van der Waals surface area (Å²) in [6, 6.07) is -4.70. The summed E-state index contributed by atoms with van der Waals surface area (Å²) in [6.45, 7) is -3.63. The number of ether oxygens (including phenoxy) is 3. The molecule has 0 N–H and O–H groups in total. The highest BCUT2D eigenvalue weighted by atomic mass is 19.4. The van der Waals surface area contributed by atoms with E-state index in [0.717, 1.165) is 0 Å². The van der Waals surface area contributed by atoms with Gasteiger partial charge < -0.3 is 14.2 Å². The highest BCUT2D eigenvalue weighted by Gasteiger charge is 2.94. The first-order valence-corrected chi connectivity index (χ1v) is 22.0. The Bertz CT molecular complexity index is 2970. The zero-order valence-corrected chi connectivity index (χ0v) is 38.9. The van der Waals surface area contributed by atoms with Crippen LogP contribution in [-0.4, -0.2) is 105 Å². The molecule has 5 aliphatic rings. The van der Waals surface area contributed by atoms with Crippen molar-refractivity contribution in [1.29, 1.82) is 0 Å². The number of hydrogen-bond acceptors (Lipinski definition) is 6. The average Bonchev–Trinajstić information content (AvgIpc) is 3.42. The van der Waals surface area contributed by atoms with Gasteiger partial charge in [0.1, 0.15) is 5.82 Å². The number of aromatic nitrogens is 3. The van der Waals surface area contributed by atoms with Crippen LogP contribution in [0.15, 0.2) is 24.3 Å². The van der Waals surface area contributed by atoms with Gasteiger partial charge in [0.15, 0.2) is 35.5 Å². The van der Waals surface area contributed by atoms with Crippen LogP contribution in [0, 0.1) is 23.6 Å². The third-order valence-corrected chi connectivity index (χ3v) is 14.0. The van der Waals surface area contributed by atoms with E-state index < -0.39 is 183 Å². The molecular formula is C42H22F35N3O3. The maximum Gasteiger partial charge on any atom is 0.460 e. The highest BCUT2D eigenvalue weighted by molar-refractivity contribution is 5.66. The molecule has 8 rings (SSSR count). The van der Waals surface area contributed by atoms with Crippen molar-refractivity contribution in [3.05, 3.63) is 47.0 Å². The Labute approximate surface area is 434 Å². The monoisotopic (exact) mass is 1280 g/mol. The van der Waals surface area contributed by atoms with E-state index in [1.54, 1.807) is 0 Å². The number of benzene rings is 2. The average molecular weight is 1280 g/mol. The Morgan fingerprint density at radius 3 is 1.27 bits per heavy atom. The number of rotatable bonds is 18. The largest absolute Gasteiger partial charge is 0.460 e. The second-order valence-electron chi connectivity index (χ2n) is 19.5. The van der Waals surface area contributed by atoms with Crippen molar-refractivity contribution in [3.8, 4) is 40.4 Å². The molecule has 0 atom stereocenters. The highest BCUT2D eigenvalue weighted by Crippen LogP contribution is 2.67. The molecule has 1 aliphatic heterocycles. The molecule has 2 aromatic carbocycles. The Kier molecular flexibility index (Phi) is 14.6. The molecule has 6 nitrogen and oxygen atoms in total. The van der Waals surface area contributed by atoms with E-state index in [0.29, 0.717) is 19.3 Å². The van der Waals surface area contributed by atoms with Gasteiger partial charge in [0.25, 0.3) is 0 Å². The van der Waals surface area contributed by atoms with Crippen LogP contribution < -0.4 is 14.2 Å². The van der Waals surface area contributed by atoms with E-state index in [-0.39, 0.29) is 49.1 Å². The smallest absolute Gasteiger partial charge is 0.457 e. The lowest BCUT2D eigenvalue weighted by atomic mass is 9.49. The minimum atomic E-state index is -8.85. The topological polar surface area (TPSA) is 66.4 Å². The fourth-order valence-corrected chi connectivity index (χ4v) is 10.0. The molecule has 41 heteroatoms. The van der Waals surface area contributed by atoms with Crippen LogP contribution in [0.3, 0.4) is 0 Å². The van der Waals surface area contributed by atoms with Crippen LogP contribution in [0.25, 0.3) is 11.4 Å². The maximum atomic E-state index is 16.0. The lowest BCUT2D eigenvalue weighted by molar-refractivity contribution is -0.447. The maximum absolute atomic E-state index is 16.0. The first-order chi connectivity index (χ1) is 36.9. The van der Waals surface area contributed by atoms with E-state index in [4.69, 9.17) is 4.74 Å². The molecule has 4 bridgehead atoms. The lowest BCUT2D eigenvalue weighted by Crippen LogP contribution is -2.74. The summed E-state index contributed by atoms with van der Waals surface area (Å²) in [5.74, 6) is -119. The Hall–Kier alpha value is -5.60. The van der Waals surface area contributed by atoms with Gasteiger partial charge in [0, 0.05) is 22.1 Å². The van der Waals surface area contributed by atoms with E-state index in [1.807, 2.05) is 0 Å². The summed E-state index contributed by atoms with van der Waals surface area (Å²) in [5.41, 5.74) is -10.9. The zero-order valence-electron chi connectivity index (χ0n) is 38.9. The normalized spacial score (nSPS) is 21.9. The molecule has 2 heterocycles. The van der Waals surface area contributed by atoms with Gasteiger partial charge in [-0.3, -0.25) is 0 Å². The number of fused-ring (bicyclic) bond motifs is 2. The number of nitrogens with zero attached hydrogens (tertiary/aromatic N) is 3. The van der Waals surface area contributed by atoms with Gasteiger partial charge >= 0.3 is 102 Å². The third-order valence-electron chi connectivity index (χ3n) is 14.0. The van der Waals surface area contributed by atoms with E-state index in [9.17, 15) is 123 Å². The fraction of sp³-hybridized carbons (Fsp3) is 0.643. The quantitative estimate of drug-likeness (QED) is 0.0925. The fourth-order valence-electron chi connectivity index (χ4n) is 10.0. The minimum absolute atomic E-state index is 0.0319. The van der Waals surface area contributed by atoms with Crippen molar-refractivity contribution < 1.29 is 168 Å². The van der Waals surface area contributed by atoms with Crippen molar-refractivity contribution in [3.63, 3.8) is 0 Å². The van der Waals surface area contributed by atoms with Gasteiger partial charge in [-0.15, -0.1) is 0 Å². The lowest BCUT2D eigenvalue weighted by Gasteiger charge is -2.55. The molecule has 1 aromatic heterocycles. The Balaban J connectivity index is 1.34. The summed E-state index contributed by atoms with van der Waals surface area (Å²) in [5, 5.41) is 0.